The van der Waals surface area contributed by atoms with E-state index in [0.717, 1.165) is 34.0 Å². The van der Waals surface area contributed by atoms with E-state index in [1.54, 1.807) is 18.3 Å². The summed E-state index contributed by atoms with van der Waals surface area (Å²) in [4.78, 5) is 16.9. The number of thiazole rings is 1. The minimum atomic E-state index is -0.932. The lowest BCUT2D eigenvalue weighted by Gasteiger charge is -2.21. The summed E-state index contributed by atoms with van der Waals surface area (Å²) in [5, 5.41) is 9.15. The van der Waals surface area contributed by atoms with Crippen molar-refractivity contribution in [2.45, 2.75) is 36.6 Å². The largest absolute Gasteiger partial charge is 0.479 e. The number of ether oxygens (including phenoxy) is 1. The van der Waals surface area contributed by atoms with Gasteiger partial charge in [0.25, 0.3) is 0 Å². The summed E-state index contributed by atoms with van der Waals surface area (Å²) < 4.78 is 6.46. The number of nitrogens with zero attached hydrogens (tertiary/aromatic N) is 1. The molecule has 0 fully saturated rings. The van der Waals surface area contributed by atoms with Crippen LogP contribution in [0.5, 0.6) is 5.75 Å². The number of carbonyl (C=O) groups is 1. The monoisotopic (exact) mass is 321 g/mol. The minimum Gasteiger partial charge on any atom is -0.479 e. The average molecular weight is 321 g/mol. The van der Waals surface area contributed by atoms with Crippen LogP contribution in [-0.2, 0) is 17.6 Å². The van der Waals surface area contributed by atoms with Crippen molar-refractivity contribution in [1.29, 1.82) is 0 Å². The summed E-state index contributed by atoms with van der Waals surface area (Å²) in [6.45, 7) is 1.81. The lowest BCUT2D eigenvalue weighted by Crippen LogP contribution is -2.26. The molecule has 1 unspecified atom stereocenters. The highest BCUT2D eigenvalue weighted by atomic mass is 32.2. The van der Waals surface area contributed by atoms with Crippen molar-refractivity contribution in [2.24, 2.45) is 0 Å². The third-order valence-corrected chi connectivity index (χ3v) is 4.88. The highest BCUT2D eigenvalue weighted by Gasteiger charge is 2.25. The Morgan fingerprint density at radius 3 is 3.05 bits per heavy atom. The van der Waals surface area contributed by atoms with E-state index in [9.17, 15) is 4.79 Å². The second-order valence-corrected chi connectivity index (χ2v) is 6.71. The molecule has 1 heterocycles. The number of thiol groups is 1. The molecule has 0 bridgehead atoms. The number of carboxylic acids is 1. The van der Waals surface area contributed by atoms with Gasteiger partial charge in [-0.25, -0.2) is 9.78 Å². The Kier molecular flexibility index (Phi) is 3.91. The Morgan fingerprint density at radius 2 is 2.33 bits per heavy atom. The normalized spacial score (nSPS) is 14.2. The van der Waals surface area contributed by atoms with Gasteiger partial charge in [-0.1, -0.05) is 19.1 Å². The van der Waals surface area contributed by atoms with Crippen molar-refractivity contribution in [3.8, 4) is 17.0 Å². The number of fused-ring (bicyclic) bond motifs is 3. The van der Waals surface area contributed by atoms with Crippen LogP contribution in [0.15, 0.2) is 22.5 Å². The second-order valence-electron chi connectivity index (χ2n) is 4.90. The number of carboxylic acid groups (broad SMARTS) is 1. The number of aryl methyl sites for hydroxylation is 1. The molecule has 0 saturated carbocycles. The van der Waals surface area contributed by atoms with E-state index in [0.29, 0.717) is 12.2 Å². The van der Waals surface area contributed by atoms with Crippen LogP contribution >= 0.6 is 24.0 Å². The summed E-state index contributed by atoms with van der Waals surface area (Å²) in [5.41, 5.74) is 3.04. The number of benzene rings is 1. The van der Waals surface area contributed by atoms with E-state index in [4.69, 9.17) is 9.84 Å². The number of hydrogen-bond donors (Lipinski definition) is 2. The fourth-order valence-electron chi connectivity index (χ4n) is 2.58. The molecule has 6 heteroatoms. The van der Waals surface area contributed by atoms with Crippen LogP contribution in [-0.4, -0.2) is 22.2 Å². The summed E-state index contributed by atoms with van der Waals surface area (Å²) >= 11 is 5.93. The molecular weight excluding hydrogens is 306 g/mol. The van der Waals surface area contributed by atoms with Crippen LogP contribution in [0.1, 0.15) is 23.8 Å². The van der Waals surface area contributed by atoms with E-state index in [-0.39, 0.29) is 0 Å². The number of hydrogen-bond acceptors (Lipinski definition) is 5. The van der Waals surface area contributed by atoms with Crippen molar-refractivity contribution >= 4 is 29.9 Å². The van der Waals surface area contributed by atoms with E-state index >= 15 is 0 Å². The Hall–Kier alpha value is -1.53. The van der Waals surface area contributed by atoms with Crippen molar-refractivity contribution in [3.63, 3.8) is 0 Å². The molecule has 0 spiro atoms. The zero-order chi connectivity index (χ0) is 15.0. The van der Waals surface area contributed by atoms with Gasteiger partial charge < -0.3 is 9.84 Å². The van der Waals surface area contributed by atoms with E-state index < -0.39 is 12.1 Å². The molecule has 0 saturated heterocycles. The first kappa shape index (κ1) is 14.4. The lowest BCUT2D eigenvalue weighted by atomic mass is 9.92. The molecule has 2 aromatic rings. The molecule has 0 aliphatic heterocycles. The average Bonchev–Trinajstić information content (AvgIpc) is 2.85. The van der Waals surface area contributed by atoms with Gasteiger partial charge in [-0.15, -0.1) is 24.0 Å². The third kappa shape index (κ3) is 2.65. The van der Waals surface area contributed by atoms with Crippen molar-refractivity contribution in [3.05, 3.63) is 28.6 Å². The van der Waals surface area contributed by atoms with Crippen LogP contribution in [0.25, 0.3) is 11.3 Å². The molecule has 1 atom stereocenters. The third-order valence-electron chi connectivity index (χ3n) is 3.59. The predicted molar refractivity (Wildman–Crippen MR) is 84.6 cm³/mol. The molecule has 21 heavy (non-hydrogen) atoms. The number of aliphatic carboxylic acids is 1. The molecule has 1 aliphatic carbocycles. The van der Waals surface area contributed by atoms with E-state index in [1.165, 1.54) is 4.88 Å². The first-order valence-electron chi connectivity index (χ1n) is 6.80. The highest BCUT2D eigenvalue weighted by Crippen LogP contribution is 2.41. The quantitative estimate of drug-likeness (QED) is 0.847. The first-order valence-corrected chi connectivity index (χ1v) is 8.07. The SMILES string of the molecule is CCC(Oc1cccc2c1CCc1sc(S)nc1-2)C(=O)O. The van der Waals surface area contributed by atoms with Crippen LogP contribution in [0.4, 0.5) is 0 Å². The maximum atomic E-state index is 11.2. The molecule has 3 rings (SSSR count). The van der Waals surface area contributed by atoms with Gasteiger partial charge >= 0.3 is 5.97 Å². The summed E-state index contributed by atoms with van der Waals surface area (Å²) in [5.74, 6) is -0.279. The summed E-state index contributed by atoms with van der Waals surface area (Å²) in [6.07, 6.45) is 1.35. The maximum Gasteiger partial charge on any atom is 0.344 e. The van der Waals surface area contributed by atoms with Crippen molar-refractivity contribution in [1.82, 2.24) is 4.98 Å². The Morgan fingerprint density at radius 1 is 1.52 bits per heavy atom. The van der Waals surface area contributed by atoms with Gasteiger partial charge in [0.15, 0.2) is 6.10 Å². The van der Waals surface area contributed by atoms with Gasteiger partial charge in [0.2, 0.25) is 0 Å². The van der Waals surface area contributed by atoms with Gasteiger partial charge in [-0.05, 0) is 25.3 Å². The maximum absolute atomic E-state index is 11.2. The van der Waals surface area contributed by atoms with Crippen LogP contribution in [0.3, 0.4) is 0 Å². The van der Waals surface area contributed by atoms with Gasteiger partial charge in [0.1, 0.15) is 10.1 Å². The Labute approximate surface area is 132 Å². The first-order chi connectivity index (χ1) is 10.1. The Bertz CT molecular complexity index is 696. The Balaban J connectivity index is 2.01. The van der Waals surface area contributed by atoms with E-state index in [2.05, 4.69) is 17.6 Å². The number of aromatic nitrogens is 1. The van der Waals surface area contributed by atoms with Gasteiger partial charge in [-0.2, -0.15) is 0 Å². The van der Waals surface area contributed by atoms with Crippen LogP contribution in [0.2, 0.25) is 0 Å². The minimum absolute atomic E-state index is 0.432. The zero-order valence-corrected chi connectivity index (χ0v) is 13.2. The fraction of sp³-hybridized carbons (Fsp3) is 0.333. The molecule has 1 aromatic carbocycles. The molecule has 1 aliphatic rings. The van der Waals surface area contributed by atoms with Crippen molar-refractivity contribution < 1.29 is 14.6 Å². The molecule has 1 aromatic heterocycles. The topological polar surface area (TPSA) is 59.4 Å². The predicted octanol–water partition coefficient (Wildman–Crippen LogP) is 3.44. The second kappa shape index (κ2) is 5.69. The van der Waals surface area contributed by atoms with Crippen LogP contribution < -0.4 is 4.74 Å². The number of rotatable bonds is 4. The summed E-state index contributed by atoms with van der Waals surface area (Å²) in [6, 6.07) is 5.73. The fourth-order valence-corrected chi connectivity index (χ4v) is 3.82. The molecule has 110 valence electrons. The summed E-state index contributed by atoms with van der Waals surface area (Å²) in [7, 11) is 0. The zero-order valence-electron chi connectivity index (χ0n) is 11.5. The molecule has 1 N–H and O–H groups in total. The highest BCUT2D eigenvalue weighted by molar-refractivity contribution is 7.82. The standard InChI is InChI=1S/C15H15NO3S2/c1-2-10(14(17)18)19-11-5-3-4-9-8(11)6-7-12-13(9)16-15(20)21-12/h3-5,10H,2,6-7H2,1H3,(H,16,20)(H,17,18). The van der Waals surface area contributed by atoms with Gasteiger partial charge in [0, 0.05) is 16.0 Å². The van der Waals surface area contributed by atoms with Gasteiger partial charge in [-0.3, -0.25) is 0 Å². The van der Waals surface area contributed by atoms with Crippen molar-refractivity contribution in [2.75, 3.05) is 0 Å². The molecule has 4 nitrogen and oxygen atoms in total. The molecule has 0 radical (unpaired) electrons. The molecular formula is C15H15NO3S2. The lowest BCUT2D eigenvalue weighted by molar-refractivity contribution is -0.145. The smallest absolute Gasteiger partial charge is 0.344 e. The van der Waals surface area contributed by atoms with Crippen LogP contribution in [0, 0.1) is 0 Å². The molecule has 0 amide bonds. The van der Waals surface area contributed by atoms with E-state index in [1.807, 2.05) is 18.2 Å². The van der Waals surface area contributed by atoms with Gasteiger partial charge in [0.05, 0.1) is 5.69 Å².